The van der Waals surface area contributed by atoms with Gasteiger partial charge in [-0.05, 0) is 32.6 Å². The molecule has 0 spiro atoms. The number of anilines is 2. The molecule has 0 unspecified atom stereocenters. The van der Waals surface area contributed by atoms with Gasteiger partial charge in [0, 0.05) is 49.2 Å². The smallest absolute Gasteiger partial charge is 0.222 e. The predicted molar refractivity (Wildman–Crippen MR) is 105 cm³/mol. The number of hydrogen-bond acceptors (Lipinski definition) is 7. The minimum absolute atomic E-state index is 0.342. The van der Waals surface area contributed by atoms with Crippen LogP contribution in [0.15, 0.2) is 24.8 Å². The monoisotopic (exact) mass is 379 g/mol. The van der Waals surface area contributed by atoms with E-state index in [-0.39, 0.29) is 0 Å². The highest BCUT2D eigenvalue weighted by molar-refractivity contribution is 5.43. The molecule has 1 aliphatic heterocycles. The molecule has 9 nitrogen and oxygen atoms in total. The van der Waals surface area contributed by atoms with E-state index in [1.165, 1.54) is 12.8 Å². The van der Waals surface area contributed by atoms with Crippen molar-refractivity contribution in [3.8, 4) is 0 Å². The minimum atomic E-state index is 0.342. The molecule has 1 saturated carbocycles. The van der Waals surface area contributed by atoms with Gasteiger partial charge in [0.2, 0.25) is 5.95 Å². The van der Waals surface area contributed by atoms with Crippen molar-refractivity contribution in [2.24, 2.45) is 0 Å². The highest BCUT2D eigenvalue weighted by atomic mass is 15.3. The molecule has 9 heteroatoms. The molecule has 0 atom stereocenters. The third-order valence-electron chi connectivity index (χ3n) is 5.63. The number of hydrogen-bond donors (Lipinski definition) is 1. The van der Waals surface area contributed by atoms with E-state index in [2.05, 4.69) is 39.2 Å². The lowest BCUT2D eigenvalue weighted by atomic mass is 9.95. The molecule has 146 valence electrons. The summed E-state index contributed by atoms with van der Waals surface area (Å²) in [6.45, 7) is 4.56. The van der Waals surface area contributed by atoms with Gasteiger partial charge in [0.15, 0.2) is 5.82 Å². The van der Waals surface area contributed by atoms with Gasteiger partial charge in [0.1, 0.15) is 11.6 Å². The fourth-order valence-electron chi connectivity index (χ4n) is 4.10. The van der Waals surface area contributed by atoms with Crippen LogP contribution in [-0.4, -0.2) is 47.4 Å². The standard InChI is InChI=1S/C19H25N9/c1-13-10-16(23-19(20)22-13)27-7-4-14(5-8-27)18-25-24-17(28(18)15-2-3-15)11-26-9-6-21-12-26/h6,9-10,12,14-15H,2-5,7-8,11H2,1H3,(H2,20,22,23). The molecule has 4 heterocycles. The van der Waals surface area contributed by atoms with Gasteiger partial charge in [-0.25, -0.2) is 9.97 Å². The summed E-state index contributed by atoms with van der Waals surface area (Å²) in [4.78, 5) is 15.0. The first-order chi connectivity index (χ1) is 13.7. The van der Waals surface area contributed by atoms with Gasteiger partial charge in [0.05, 0.1) is 12.9 Å². The second kappa shape index (κ2) is 6.88. The lowest BCUT2D eigenvalue weighted by molar-refractivity contribution is 0.459. The number of imidazole rings is 1. The molecule has 2 fully saturated rings. The quantitative estimate of drug-likeness (QED) is 0.722. The maximum absolute atomic E-state index is 5.83. The van der Waals surface area contributed by atoms with E-state index in [0.29, 0.717) is 17.9 Å². The fraction of sp³-hybridized carbons (Fsp3) is 0.526. The van der Waals surface area contributed by atoms with Crippen molar-refractivity contribution in [3.63, 3.8) is 0 Å². The van der Waals surface area contributed by atoms with Crippen LogP contribution in [0.2, 0.25) is 0 Å². The van der Waals surface area contributed by atoms with Crippen LogP contribution in [0.4, 0.5) is 11.8 Å². The van der Waals surface area contributed by atoms with E-state index >= 15 is 0 Å². The number of nitrogens with zero attached hydrogens (tertiary/aromatic N) is 8. The summed E-state index contributed by atoms with van der Waals surface area (Å²) in [5, 5.41) is 9.16. The normalized spacial score (nSPS) is 18.0. The largest absolute Gasteiger partial charge is 0.368 e. The molecule has 0 bridgehead atoms. The minimum Gasteiger partial charge on any atom is -0.368 e. The number of nitrogen functional groups attached to an aromatic ring is 1. The highest BCUT2D eigenvalue weighted by Gasteiger charge is 2.33. The molecule has 1 aliphatic carbocycles. The van der Waals surface area contributed by atoms with Crippen molar-refractivity contribution >= 4 is 11.8 Å². The molecule has 2 aliphatic rings. The number of rotatable bonds is 5. The van der Waals surface area contributed by atoms with E-state index in [0.717, 1.165) is 55.6 Å². The van der Waals surface area contributed by atoms with Crippen molar-refractivity contribution in [1.29, 1.82) is 0 Å². The Morgan fingerprint density at radius 3 is 2.61 bits per heavy atom. The molecule has 3 aromatic rings. The van der Waals surface area contributed by atoms with E-state index in [1.807, 2.05) is 25.5 Å². The van der Waals surface area contributed by atoms with Crippen molar-refractivity contribution in [1.82, 2.24) is 34.3 Å². The molecule has 5 rings (SSSR count). The average Bonchev–Trinajstić information content (AvgIpc) is 3.22. The molecule has 0 radical (unpaired) electrons. The second-order valence-corrected chi connectivity index (χ2v) is 7.80. The van der Waals surface area contributed by atoms with Crippen LogP contribution >= 0.6 is 0 Å². The molecule has 28 heavy (non-hydrogen) atoms. The Morgan fingerprint density at radius 1 is 1.11 bits per heavy atom. The van der Waals surface area contributed by atoms with Gasteiger partial charge < -0.3 is 19.8 Å². The zero-order chi connectivity index (χ0) is 19.1. The average molecular weight is 379 g/mol. The first kappa shape index (κ1) is 17.2. The molecule has 3 aromatic heterocycles. The van der Waals surface area contributed by atoms with Crippen LogP contribution in [0.3, 0.4) is 0 Å². The van der Waals surface area contributed by atoms with Crippen LogP contribution in [0.1, 0.15) is 55.0 Å². The Balaban J connectivity index is 1.33. The van der Waals surface area contributed by atoms with Gasteiger partial charge >= 0.3 is 0 Å². The molecule has 0 aromatic carbocycles. The first-order valence-electron chi connectivity index (χ1n) is 9.93. The predicted octanol–water partition coefficient (Wildman–Crippen LogP) is 1.92. The van der Waals surface area contributed by atoms with Gasteiger partial charge in [-0.2, -0.15) is 4.98 Å². The topological polar surface area (TPSA) is 104 Å². The van der Waals surface area contributed by atoms with Gasteiger partial charge in [-0.3, -0.25) is 0 Å². The van der Waals surface area contributed by atoms with Crippen LogP contribution < -0.4 is 10.6 Å². The number of aromatic nitrogens is 7. The zero-order valence-corrected chi connectivity index (χ0v) is 16.1. The van der Waals surface area contributed by atoms with E-state index in [1.54, 1.807) is 6.20 Å². The Morgan fingerprint density at radius 2 is 1.93 bits per heavy atom. The van der Waals surface area contributed by atoms with E-state index in [4.69, 9.17) is 5.73 Å². The summed E-state index contributed by atoms with van der Waals surface area (Å²) in [6, 6.07) is 2.57. The van der Waals surface area contributed by atoms with Crippen molar-refractivity contribution in [2.45, 2.75) is 51.1 Å². The summed E-state index contributed by atoms with van der Waals surface area (Å²) < 4.78 is 4.45. The van der Waals surface area contributed by atoms with Crippen LogP contribution in [-0.2, 0) is 6.54 Å². The fourth-order valence-corrected chi connectivity index (χ4v) is 4.10. The Kier molecular flexibility index (Phi) is 4.22. The third kappa shape index (κ3) is 3.32. The summed E-state index contributed by atoms with van der Waals surface area (Å²) in [6.07, 6.45) is 10.1. The van der Waals surface area contributed by atoms with Crippen LogP contribution in [0.5, 0.6) is 0 Å². The molecule has 1 saturated heterocycles. The summed E-state index contributed by atoms with van der Waals surface area (Å²) in [5.41, 5.74) is 6.73. The Bertz CT molecular complexity index is 930. The van der Waals surface area contributed by atoms with E-state index < -0.39 is 0 Å². The summed E-state index contributed by atoms with van der Waals surface area (Å²) in [5.74, 6) is 3.89. The summed E-state index contributed by atoms with van der Waals surface area (Å²) >= 11 is 0. The van der Waals surface area contributed by atoms with Crippen molar-refractivity contribution in [2.75, 3.05) is 23.7 Å². The van der Waals surface area contributed by atoms with Gasteiger partial charge in [0.25, 0.3) is 0 Å². The summed E-state index contributed by atoms with van der Waals surface area (Å²) in [7, 11) is 0. The molecular weight excluding hydrogens is 354 g/mol. The Labute approximate surface area is 163 Å². The van der Waals surface area contributed by atoms with Crippen molar-refractivity contribution in [3.05, 3.63) is 42.1 Å². The van der Waals surface area contributed by atoms with Crippen LogP contribution in [0.25, 0.3) is 0 Å². The molecule has 2 N–H and O–H groups in total. The zero-order valence-electron chi connectivity index (χ0n) is 16.1. The van der Waals surface area contributed by atoms with E-state index in [9.17, 15) is 0 Å². The second-order valence-electron chi connectivity index (χ2n) is 7.80. The molecular formula is C19H25N9. The lowest BCUT2D eigenvalue weighted by Gasteiger charge is -2.32. The maximum atomic E-state index is 5.83. The Hall–Kier alpha value is -2.97. The maximum Gasteiger partial charge on any atom is 0.222 e. The number of piperidine rings is 1. The number of aryl methyl sites for hydroxylation is 1. The molecule has 0 amide bonds. The SMILES string of the molecule is Cc1cc(N2CCC(c3nnc(Cn4ccnc4)n3C3CC3)CC2)nc(N)n1. The van der Waals surface area contributed by atoms with Gasteiger partial charge in [-0.15, -0.1) is 10.2 Å². The van der Waals surface area contributed by atoms with Crippen molar-refractivity contribution < 1.29 is 0 Å². The number of nitrogens with two attached hydrogens (primary N) is 1. The lowest BCUT2D eigenvalue weighted by Crippen LogP contribution is -2.34. The highest BCUT2D eigenvalue weighted by Crippen LogP contribution is 2.40. The van der Waals surface area contributed by atoms with Crippen LogP contribution in [0, 0.1) is 6.92 Å². The van der Waals surface area contributed by atoms with Gasteiger partial charge in [-0.1, -0.05) is 0 Å². The first-order valence-corrected chi connectivity index (χ1v) is 9.93. The third-order valence-corrected chi connectivity index (χ3v) is 5.63.